The van der Waals surface area contributed by atoms with E-state index in [1.807, 2.05) is 12.1 Å². The number of amides is 1. The molecule has 6 heteroatoms. The normalized spacial score (nSPS) is 11.4. The summed E-state index contributed by atoms with van der Waals surface area (Å²) in [6.45, 7) is 4.41. The topological polar surface area (TPSA) is 76.7 Å². The Morgan fingerprint density at radius 2 is 1.70 bits per heavy atom. The fourth-order valence-electron chi connectivity index (χ4n) is 2.47. The molecule has 0 aliphatic carbocycles. The van der Waals surface area contributed by atoms with E-state index in [0.717, 1.165) is 19.4 Å². The van der Waals surface area contributed by atoms with E-state index >= 15 is 0 Å². The predicted octanol–water partition coefficient (Wildman–Crippen LogP) is 4.09. The van der Waals surface area contributed by atoms with Gasteiger partial charge < -0.3 is 20.1 Å². The van der Waals surface area contributed by atoms with E-state index in [0.29, 0.717) is 22.7 Å². The summed E-state index contributed by atoms with van der Waals surface area (Å²) in [4.78, 5) is 24.9. The first-order valence-electron chi connectivity index (χ1n) is 9.04. The van der Waals surface area contributed by atoms with Crippen LogP contribution < -0.4 is 15.4 Å². The maximum atomic E-state index is 12.5. The Morgan fingerprint density at radius 3 is 2.41 bits per heavy atom. The lowest BCUT2D eigenvalue weighted by atomic mass is 10.1. The van der Waals surface area contributed by atoms with E-state index in [4.69, 9.17) is 9.47 Å². The zero-order valence-corrected chi connectivity index (χ0v) is 16.0. The Labute approximate surface area is 159 Å². The molecule has 144 valence electrons. The molecule has 0 aliphatic heterocycles. The number of benzene rings is 2. The fourth-order valence-corrected chi connectivity index (χ4v) is 2.47. The second-order valence-electron chi connectivity index (χ2n) is 6.06. The van der Waals surface area contributed by atoms with Crippen LogP contribution in [0.4, 0.5) is 11.4 Å². The molecule has 2 N–H and O–H groups in total. The number of carbonyl (C=O) groups is 2. The Hall–Kier alpha value is -3.02. The molecule has 0 unspecified atom stereocenters. The molecule has 2 aromatic carbocycles. The van der Waals surface area contributed by atoms with E-state index in [9.17, 15) is 9.59 Å². The van der Waals surface area contributed by atoms with Gasteiger partial charge in [0.15, 0.2) is 6.10 Å². The number of esters is 1. The number of ether oxygens (including phenoxy) is 2. The molecule has 0 spiro atoms. The molecule has 0 saturated heterocycles. The van der Waals surface area contributed by atoms with Crippen molar-refractivity contribution in [2.24, 2.45) is 0 Å². The highest BCUT2D eigenvalue weighted by Gasteiger charge is 2.21. The van der Waals surface area contributed by atoms with E-state index < -0.39 is 18.0 Å². The van der Waals surface area contributed by atoms with Gasteiger partial charge in [-0.25, -0.2) is 4.79 Å². The summed E-state index contributed by atoms with van der Waals surface area (Å²) in [6, 6.07) is 14.2. The van der Waals surface area contributed by atoms with Crippen molar-refractivity contribution in [1.29, 1.82) is 0 Å². The van der Waals surface area contributed by atoms with Gasteiger partial charge in [-0.3, -0.25) is 4.79 Å². The molecule has 0 aromatic heterocycles. The Balaban J connectivity index is 2.01. The van der Waals surface area contributed by atoms with Gasteiger partial charge in [0.25, 0.3) is 5.91 Å². The monoisotopic (exact) mass is 370 g/mol. The summed E-state index contributed by atoms with van der Waals surface area (Å²) >= 11 is 0. The molecule has 6 nitrogen and oxygen atoms in total. The molecule has 0 bridgehead atoms. The number of anilines is 2. The quantitative estimate of drug-likeness (QED) is 0.513. The van der Waals surface area contributed by atoms with Gasteiger partial charge in [0.05, 0.1) is 18.4 Å². The number of hydrogen-bond donors (Lipinski definition) is 2. The summed E-state index contributed by atoms with van der Waals surface area (Å²) in [6.07, 6.45) is 1.10. The molecule has 0 saturated carbocycles. The number of hydrogen-bond acceptors (Lipinski definition) is 5. The molecule has 27 heavy (non-hydrogen) atoms. The summed E-state index contributed by atoms with van der Waals surface area (Å²) in [5.41, 5.74) is 1.63. The average Bonchev–Trinajstić information content (AvgIpc) is 2.68. The smallest absolute Gasteiger partial charge is 0.341 e. The van der Waals surface area contributed by atoms with Crippen molar-refractivity contribution in [3.8, 4) is 5.75 Å². The van der Waals surface area contributed by atoms with E-state index in [1.54, 1.807) is 36.4 Å². The number of unbranched alkanes of at least 4 members (excludes halogenated alkanes) is 1. The van der Waals surface area contributed by atoms with Crippen LogP contribution in [-0.2, 0) is 9.53 Å². The molecule has 2 rings (SSSR count). The second-order valence-corrected chi connectivity index (χ2v) is 6.06. The highest BCUT2D eigenvalue weighted by molar-refractivity contribution is 6.00. The van der Waals surface area contributed by atoms with Gasteiger partial charge in [-0.05, 0) is 37.6 Å². The SMILES string of the molecule is CCCCNc1ccccc1C(=O)O[C@@H](C)C(=O)Nc1ccccc1OC. The minimum atomic E-state index is -0.953. The first-order valence-corrected chi connectivity index (χ1v) is 9.04. The van der Waals surface area contributed by atoms with Crippen LogP contribution in [0.2, 0.25) is 0 Å². The highest BCUT2D eigenvalue weighted by Crippen LogP contribution is 2.23. The largest absolute Gasteiger partial charge is 0.495 e. The Bertz CT molecular complexity index is 776. The lowest BCUT2D eigenvalue weighted by molar-refractivity contribution is -0.123. The summed E-state index contributed by atoms with van der Waals surface area (Å²) in [5.74, 6) is -0.434. The first kappa shape index (κ1) is 20.3. The molecule has 0 aliphatic rings. The third-order valence-corrected chi connectivity index (χ3v) is 4.01. The Morgan fingerprint density at radius 1 is 1.04 bits per heavy atom. The second kappa shape index (κ2) is 10.2. The number of para-hydroxylation sites is 3. The molecule has 0 fully saturated rings. The van der Waals surface area contributed by atoms with Gasteiger partial charge in [-0.1, -0.05) is 37.6 Å². The molecule has 1 amide bonds. The molecular formula is C21H26N2O4. The predicted molar refractivity (Wildman–Crippen MR) is 106 cm³/mol. The van der Waals surface area contributed by atoms with E-state index in [2.05, 4.69) is 17.6 Å². The summed E-state index contributed by atoms with van der Waals surface area (Å²) < 4.78 is 10.6. The summed E-state index contributed by atoms with van der Waals surface area (Å²) in [5, 5.41) is 5.95. The highest BCUT2D eigenvalue weighted by atomic mass is 16.5. The van der Waals surface area contributed by atoms with Gasteiger partial charge >= 0.3 is 5.97 Å². The van der Waals surface area contributed by atoms with Crippen LogP contribution in [0.3, 0.4) is 0 Å². The van der Waals surface area contributed by atoms with Crippen molar-refractivity contribution in [2.75, 3.05) is 24.3 Å². The van der Waals surface area contributed by atoms with Crippen LogP contribution in [0, 0.1) is 0 Å². The van der Waals surface area contributed by atoms with Crippen LogP contribution >= 0.6 is 0 Å². The molecule has 1 atom stereocenters. The van der Waals surface area contributed by atoms with Crippen LogP contribution in [-0.4, -0.2) is 31.6 Å². The van der Waals surface area contributed by atoms with Crippen molar-refractivity contribution in [3.63, 3.8) is 0 Å². The van der Waals surface area contributed by atoms with Crippen molar-refractivity contribution in [2.45, 2.75) is 32.8 Å². The van der Waals surface area contributed by atoms with E-state index in [1.165, 1.54) is 14.0 Å². The molecule has 0 radical (unpaired) electrons. The van der Waals surface area contributed by atoms with Crippen LogP contribution in [0.1, 0.15) is 37.0 Å². The van der Waals surface area contributed by atoms with Crippen molar-refractivity contribution >= 4 is 23.3 Å². The van der Waals surface area contributed by atoms with Crippen molar-refractivity contribution in [3.05, 3.63) is 54.1 Å². The van der Waals surface area contributed by atoms with Crippen LogP contribution in [0.15, 0.2) is 48.5 Å². The zero-order chi connectivity index (χ0) is 19.6. The Kier molecular flexibility index (Phi) is 7.67. The van der Waals surface area contributed by atoms with Gasteiger partial charge in [-0.2, -0.15) is 0 Å². The molecule has 2 aromatic rings. The average molecular weight is 370 g/mol. The number of methoxy groups -OCH3 is 1. The standard InChI is InChI=1S/C21H26N2O4/c1-4-5-14-22-17-11-7-6-10-16(17)21(25)27-15(2)20(24)23-18-12-8-9-13-19(18)26-3/h6-13,15,22H,4-5,14H2,1-3H3,(H,23,24)/t15-/m0/s1. The molecular weight excluding hydrogens is 344 g/mol. The lowest BCUT2D eigenvalue weighted by Crippen LogP contribution is -2.30. The van der Waals surface area contributed by atoms with Gasteiger partial charge in [0.2, 0.25) is 0 Å². The maximum Gasteiger partial charge on any atom is 0.341 e. The van der Waals surface area contributed by atoms with Crippen molar-refractivity contribution < 1.29 is 19.1 Å². The maximum absolute atomic E-state index is 12.5. The molecule has 0 heterocycles. The minimum Gasteiger partial charge on any atom is -0.495 e. The number of carbonyl (C=O) groups excluding carboxylic acids is 2. The fraction of sp³-hybridized carbons (Fsp3) is 0.333. The lowest BCUT2D eigenvalue weighted by Gasteiger charge is -2.16. The van der Waals surface area contributed by atoms with Crippen molar-refractivity contribution in [1.82, 2.24) is 0 Å². The van der Waals surface area contributed by atoms with Crippen LogP contribution in [0.5, 0.6) is 5.75 Å². The first-order chi connectivity index (χ1) is 13.1. The number of nitrogens with one attached hydrogen (secondary N) is 2. The third kappa shape index (κ3) is 5.74. The summed E-state index contributed by atoms with van der Waals surface area (Å²) in [7, 11) is 1.52. The van der Waals surface area contributed by atoms with E-state index in [-0.39, 0.29) is 0 Å². The third-order valence-electron chi connectivity index (χ3n) is 4.01. The van der Waals surface area contributed by atoms with Gasteiger partial charge in [0.1, 0.15) is 5.75 Å². The van der Waals surface area contributed by atoms with Gasteiger partial charge in [0, 0.05) is 12.2 Å². The van der Waals surface area contributed by atoms with Gasteiger partial charge in [-0.15, -0.1) is 0 Å². The van der Waals surface area contributed by atoms with Crippen LogP contribution in [0.25, 0.3) is 0 Å². The zero-order valence-electron chi connectivity index (χ0n) is 16.0. The number of rotatable bonds is 9. The minimum absolute atomic E-state index is 0.408.